The van der Waals surface area contributed by atoms with Gasteiger partial charge >= 0.3 is 0 Å². The van der Waals surface area contributed by atoms with E-state index in [1.165, 1.54) is 5.56 Å². The maximum absolute atomic E-state index is 12.7. The molecule has 0 spiro atoms. The third-order valence-electron chi connectivity index (χ3n) is 5.19. The minimum absolute atomic E-state index is 0.0806. The fourth-order valence-corrected chi connectivity index (χ4v) is 3.79. The van der Waals surface area contributed by atoms with E-state index >= 15 is 0 Å². The van der Waals surface area contributed by atoms with Crippen molar-refractivity contribution >= 4 is 5.91 Å². The van der Waals surface area contributed by atoms with Gasteiger partial charge in [0.1, 0.15) is 5.75 Å². The number of piperazine rings is 1. The molecule has 3 rings (SSSR count). The Morgan fingerprint density at radius 2 is 2.08 bits per heavy atom. The standard InChI is InChI=1S/C20H31N3O3/c1-3-26-15-17-12-16(6-7-19(17)25-2)13-22-11-8-21-18(14-22)20(24)23-9-4-5-10-23/h6-7,12,18,21H,3-5,8-11,13-15H2,1-2H3/t18-/m0/s1. The third-order valence-corrected chi connectivity index (χ3v) is 5.19. The Labute approximate surface area is 156 Å². The van der Waals surface area contributed by atoms with Crippen molar-refractivity contribution in [3.8, 4) is 5.75 Å². The lowest BCUT2D eigenvalue weighted by atomic mass is 10.1. The zero-order valence-electron chi connectivity index (χ0n) is 16.0. The first-order chi connectivity index (χ1) is 12.7. The molecule has 2 aliphatic rings. The highest BCUT2D eigenvalue weighted by atomic mass is 16.5. The van der Waals surface area contributed by atoms with Crippen molar-refractivity contribution in [3.63, 3.8) is 0 Å². The summed E-state index contributed by atoms with van der Waals surface area (Å²) in [6.07, 6.45) is 2.27. The van der Waals surface area contributed by atoms with Gasteiger partial charge in [-0.25, -0.2) is 0 Å². The molecule has 0 radical (unpaired) electrons. The van der Waals surface area contributed by atoms with Gasteiger partial charge in [-0.1, -0.05) is 6.07 Å². The number of benzene rings is 1. The van der Waals surface area contributed by atoms with Crippen LogP contribution in [0.4, 0.5) is 0 Å². The summed E-state index contributed by atoms with van der Waals surface area (Å²) in [5.41, 5.74) is 2.31. The normalized spacial score (nSPS) is 21.2. The molecule has 1 N–H and O–H groups in total. The molecule has 1 atom stereocenters. The molecule has 0 bridgehead atoms. The number of carbonyl (C=O) groups excluding carboxylic acids is 1. The summed E-state index contributed by atoms with van der Waals surface area (Å²) in [6, 6.07) is 6.20. The lowest BCUT2D eigenvalue weighted by Crippen LogP contribution is -2.57. The average molecular weight is 361 g/mol. The molecule has 1 amide bonds. The molecule has 1 aromatic rings. The maximum Gasteiger partial charge on any atom is 0.241 e. The second kappa shape index (κ2) is 9.35. The van der Waals surface area contributed by atoms with Crippen LogP contribution in [0.15, 0.2) is 18.2 Å². The number of ether oxygens (including phenoxy) is 2. The highest BCUT2D eigenvalue weighted by Gasteiger charge is 2.30. The minimum Gasteiger partial charge on any atom is -0.496 e. The summed E-state index contributed by atoms with van der Waals surface area (Å²) >= 11 is 0. The SMILES string of the molecule is CCOCc1cc(CN2CCN[C@H](C(=O)N3CCCC3)C2)ccc1OC. The van der Waals surface area contributed by atoms with Crippen molar-refractivity contribution in [3.05, 3.63) is 29.3 Å². The van der Waals surface area contributed by atoms with Crippen molar-refractivity contribution in [2.45, 2.75) is 39.0 Å². The molecule has 6 nitrogen and oxygen atoms in total. The summed E-state index contributed by atoms with van der Waals surface area (Å²) in [6.45, 7) is 8.48. The topological polar surface area (TPSA) is 54.0 Å². The molecule has 2 fully saturated rings. The first-order valence-electron chi connectivity index (χ1n) is 9.69. The van der Waals surface area contributed by atoms with Crippen LogP contribution in [0.3, 0.4) is 0 Å². The minimum atomic E-state index is -0.0806. The van der Waals surface area contributed by atoms with E-state index in [4.69, 9.17) is 9.47 Å². The van der Waals surface area contributed by atoms with Crippen LogP contribution < -0.4 is 10.1 Å². The van der Waals surface area contributed by atoms with E-state index in [2.05, 4.69) is 22.3 Å². The monoisotopic (exact) mass is 361 g/mol. The van der Waals surface area contributed by atoms with Gasteiger partial charge in [0, 0.05) is 51.4 Å². The van der Waals surface area contributed by atoms with Crippen LogP contribution in [0.1, 0.15) is 30.9 Å². The molecule has 1 aromatic carbocycles. The van der Waals surface area contributed by atoms with E-state index in [9.17, 15) is 4.79 Å². The lowest BCUT2D eigenvalue weighted by molar-refractivity contribution is -0.133. The summed E-state index contributed by atoms with van der Waals surface area (Å²) in [7, 11) is 1.69. The highest BCUT2D eigenvalue weighted by Crippen LogP contribution is 2.22. The maximum atomic E-state index is 12.7. The zero-order chi connectivity index (χ0) is 18.4. The molecule has 0 unspecified atom stereocenters. The van der Waals surface area contributed by atoms with Gasteiger partial charge in [-0.2, -0.15) is 0 Å². The fourth-order valence-electron chi connectivity index (χ4n) is 3.79. The van der Waals surface area contributed by atoms with Crippen LogP contribution in [0.5, 0.6) is 5.75 Å². The second-order valence-electron chi connectivity index (χ2n) is 7.06. The number of methoxy groups -OCH3 is 1. The molecule has 6 heteroatoms. The molecule has 0 aromatic heterocycles. The average Bonchev–Trinajstić information content (AvgIpc) is 3.21. The van der Waals surface area contributed by atoms with Gasteiger partial charge in [-0.15, -0.1) is 0 Å². The zero-order valence-corrected chi connectivity index (χ0v) is 16.0. The van der Waals surface area contributed by atoms with Crippen molar-refractivity contribution in [2.75, 3.05) is 46.4 Å². The fraction of sp³-hybridized carbons (Fsp3) is 0.650. The van der Waals surface area contributed by atoms with Crippen LogP contribution in [0.25, 0.3) is 0 Å². The number of hydrogen-bond acceptors (Lipinski definition) is 5. The number of nitrogens with zero attached hydrogens (tertiary/aromatic N) is 2. The number of carbonyl (C=O) groups is 1. The van der Waals surface area contributed by atoms with Crippen molar-refractivity contribution in [1.29, 1.82) is 0 Å². The molecule has 2 aliphatic heterocycles. The van der Waals surface area contributed by atoms with E-state index in [1.807, 2.05) is 17.9 Å². The molecule has 144 valence electrons. The first kappa shape index (κ1) is 19.1. The highest BCUT2D eigenvalue weighted by molar-refractivity contribution is 5.82. The Bertz CT molecular complexity index is 602. The quantitative estimate of drug-likeness (QED) is 0.800. The first-order valence-corrected chi connectivity index (χ1v) is 9.69. The smallest absolute Gasteiger partial charge is 0.241 e. The van der Waals surface area contributed by atoms with Crippen molar-refractivity contribution in [2.24, 2.45) is 0 Å². The molecule has 0 saturated carbocycles. The van der Waals surface area contributed by atoms with E-state index in [0.717, 1.165) is 63.4 Å². The number of nitrogens with one attached hydrogen (secondary N) is 1. The van der Waals surface area contributed by atoms with E-state index in [1.54, 1.807) is 7.11 Å². The van der Waals surface area contributed by atoms with Gasteiger partial charge in [0.25, 0.3) is 0 Å². The summed E-state index contributed by atoms with van der Waals surface area (Å²) < 4.78 is 11.0. The number of amides is 1. The van der Waals surface area contributed by atoms with Crippen LogP contribution in [-0.4, -0.2) is 68.2 Å². The van der Waals surface area contributed by atoms with Crippen LogP contribution in [-0.2, 0) is 22.7 Å². The molecule has 2 heterocycles. The molecular weight excluding hydrogens is 330 g/mol. The van der Waals surface area contributed by atoms with Crippen LogP contribution in [0.2, 0.25) is 0 Å². The van der Waals surface area contributed by atoms with Gasteiger partial charge in [-0.3, -0.25) is 9.69 Å². The van der Waals surface area contributed by atoms with E-state index in [0.29, 0.717) is 13.2 Å². The third kappa shape index (κ3) is 4.75. The van der Waals surface area contributed by atoms with Gasteiger partial charge in [0.2, 0.25) is 5.91 Å². The largest absolute Gasteiger partial charge is 0.496 e. The van der Waals surface area contributed by atoms with Crippen LogP contribution in [0, 0.1) is 0 Å². The van der Waals surface area contributed by atoms with E-state index < -0.39 is 0 Å². The number of hydrogen-bond donors (Lipinski definition) is 1. The predicted molar refractivity (Wildman–Crippen MR) is 101 cm³/mol. The van der Waals surface area contributed by atoms with E-state index in [-0.39, 0.29) is 11.9 Å². The Balaban J connectivity index is 1.61. The predicted octanol–water partition coefficient (Wildman–Crippen LogP) is 1.63. The molecule has 0 aliphatic carbocycles. The molecule has 2 saturated heterocycles. The number of rotatable bonds is 7. The van der Waals surface area contributed by atoms with Crippen LogP contribution >= 0.6 is 0 Å². The second-order valence-corrected chi connectivity index (χ2v) is 7.06. The summed E-state index contributed by atoms with van der Waals surface area (Å²) in [5, 5.41) is 3.40. The Kier molecular flexibility index (Phi) is 6.88. The molecule has 26 heavy (non-hydrogen) atoms. The van der Waals surface area contributed by atoms with Crippen molar-refractivity contribution < 1.29 is 14.3 Å². The Morgan fingerprint density at radius 1 is 1.27 bits per heavy atom. The van der Waals surface area contributed by atoms with Crippen molar-refractivity contribution in [1.82, 2.24) is 15.1 Å². The van der Waals surface area contributed by atoms with Gasteiger partial charge in [-0.05, 0) is 37.5 Å². The van der Waals surface area contributed by atoms with Gasteiger partial charge in [0.15, 0.2) is 0 Å². The van der Waals surface area contributed by atoms with Gasteiger partial charge < -0.3 is 19.7 Å². The Hall–Kier alpha value is -1.63. The van der Waals surface area contributed by atoms with Gasteiger partial charge in [0.05, 0.1) is 19.8 Å². The summed E-state index contributed by atoms with van der Waals surface area (Å²) in [4.78, 5) is 17.0. The molecular formula is C20H31N3O3. The Morgan fingerprint density at radius 3 is 2.81 bits per heavy atom. The summed E-state index contributed by atoms with van der Waals surface area (Å²) in [5.74, 6) is 1.13. The number of likely N-dealkylation sites (tertiary alicyclic amines) is 1. The lowest BCUT2D eigenvalue weighted by Gasteiger charge is -2.34.